The van der Waals surface area contributed by atoms with Crippen molar-refractivity contribution in [1.29, 1.82) is 0 Å². The van der Waals surface area contributed by atoms with Crippen LogP contribution in [0.15, 0.2) is 91.6 Å². The largest absolute Gasteiger partial charge is 0.516 e. The van der Waals surface area contributed by atoms with E-state index >= 15 is 0 Å². The average molecular weight is 679 g/mol. The van der Waals surface area contributed by atoms with Crippen molar-refractivity contribution < 1.29 is 24.8 Å². The smallest absolute Gasteiger partial charge is 0.140 e. The fourth-order valence-corrected chi connectivity index (χ4v) is 3.83. The molecule has 0 spiro atoms. The quantitative estimate of drug-likeness (QED) is 0.173. The molecule has 5 nitrogen and oxygen atoms in total. The number of aromatic nitrogens is 4. The maximum atomic E-state index is 5.19. The molecule has 0 aliphatic rings. The van der Waals surface area contributed by atoms with Crippen molar-refractivity contribution in [2.75, 3.05) is 7.11 Å². The molecule has 0 saturated heterocycles. The van der Waals surface area contributed by atoms with E-state index in [2.05, 4.69) is 77.1 Å². The van der Waals surface area contributed by atoms with Crippen LogP contribution >= 0.6 is 0 Å². The standard InChI is InChI=1S/C19H14N.C13H16N3O.Ir/c1-2-15-9-11-16(12-10-15)17-6-5-7-18(14-17)19-8-3-4-13-20-19;1-4-6-12-14-13(16(2)15-12)10-7-5-8-11(9-10)17-3;/h2-6,8-14H,1H2;5,8-9H,4,6H2,1-3H3;/q2*-1;. The Balaban J connectivity index is 0.000000208. The van der Waals surface area contributed by atoms with Gasteiger partial charge in [-0.3, -0.25) is 9.67 Å². The molecule has 5 aromatic rings. The number of pyridine rings is 1. The Hall–Kier alpha value is -3.86. The van der Waals surface area contributed by atoms with Crippen LogP contribution in [-0.2, 0) is 33.6 Å². The molecule has 0 amide bonds. The van der Waals surface area contributed by atoms with Crippen LogP contribution < -0.4 is 4.74 Å². The monoisotopic (exact) mass is 679 g/mol. The molecule has 38 heavy (non-hydrogen) atoms. The first-order chi connectivity index (χ1) is 18.1. The number of rotatable bonds is 7. The van der Waals surface area contributed by atoms with E-state index in [1.807, 2.05) is 55.6 Å². The van der Waals surface area contributed by atoms with Gasteiger partial charge in [-0.05, 0) is 29.3 Å². The Morgan fingerprint density at radius 3 is 2.39 bits per heavy atom. The van der Waals surface area contributed by atoms with E-state index in [1.54, 1.807) is 18.0 Å². The minimum Gasteiger partial charge on any atom is -0.516 e. The van der Waals surface area contributed by atoms with E-state index in [9.17, 15) is 0 Å². The average Bonchev–Trinajstić information content (AvgIpc) is 3.34. The van der Waals surface area contributed by atoms with E-state index < -0.39 is 0 Å². The van der Waals surface area contributed by atoms with Gasteiger partial charge in [-0.15, -0.1) is 59.2 Å². The van der Waals surface area contributed by atoms with Crippen LogP contribution in [-0.4, -0.2) is 26.9 Å². The summed E-state index contributed by atoms with van der Waals surface area (Å²) in [6, 6.07) is 32.4. The van der Waals surface area contributed by atoms with Crippen molar-refractivity contribution in [3.63, 3.8) is 0 Å². The van der Waals surface area contributed by atoms with Gasteiger partial charge in [-0.1, -0.05) is 62.0 Å². The molecule has 0 aliphatic carbocycles. The Morgan fingerprint density at radius 1 is 0.947 bits per heavy atom. The molecule has 2 heterocycles. The van der Waals surface area contributed by atoms with Crippen molar-refractivity contribution in [1.82, 2.24) is 19.7 Å². The SMILES string of the molecule is C=Cc1ccc(-c2cc[c-]c(-c3ccccn3)c2)cc1.CCCc1nc(-c2[c-]ccc(OC)c2)n(C)n1.[Ir]. The molecule has 2 aromatic heterocycles. The minimum atomic E-state index is 0. The van der Waals surface area contributed by atoms with E-state index in [0.717, 1.165) is 52.6 Å². The summed E-state index contributed by atoms with van der Waals surface area (Å²) in [5.74, 6) is 2.51. The summed E-state index contributed by atoms with van der Waals surface area (Å²) in [5.41, 5.74) is 6.33. The van der Waals surface area contributed by atoms with Crippen LogP contribution in [0.1, 0.15) is 24.7 Å². The fraction of sp³-hybridized carbons (Fsp3) is 0.156. The number of hydrogen-bond acceptors (Lipinski definition) is 4. The van der Waals surface area contributed by atoms with Gasteiger partial charge in [0.1, 0.15) is 5.82 Å². The first-order valence-corrected chi connectivity index (χ1v) is 12.2. The van der Waals surface area contributed by atoms with Crippen molar-refractivity contribution in [3.05, 3.63) is 115 Å². The van der Waals surface area contributed by atoms with Gasteiger partial charge < -0.3 is 9.72 Å². The molecule has 3 aromatic carbocycles. The minimum absolute atomic E-state index is 0. The number of methoxy groups -OCH3 is 1. The van der Waals surface area contributed by atoms with Gasteiger partial charge in [0.2, 0.25) is 0 Å². The number of ether oxygens (including phenoxy) is 1. The summed E-state index contributed by atoms with van der Waals surface area (Å²) >= 11 is 0. The topological polar surface area (TPSA) is 52.8 Å². The van der Waals surface area contributed by atoms with E-state index in [4.69, 9.17) is 4.74 Å². The van der Waals surface area contributed by atoms with Crippen LogP contribution in [0.2, 0.25) is 0 Å². The molecule has 5 rings (SSSR count). The van der Waals surface area contributed by atoms with Crippen LogP contribution in [0.25, 0.3) is 39.8 Å². The molecule has 0 unspecified atom stereocenters. The van der Waals surface area contributed by atoms with E-state index in [1.165, 1.54) is 11.1 Å². The van der Waals surface area contributed by atoms with Gasteiger partial charge in [-0.2, -0.15) is 5.10 Å². The Bertz CT molecular complexity index is 1450. The van der Waals surface area contributed by atoms with Crippen LogP contribution in [0, 0.1) is 12.1 Å². The zero-order valence-electron chi connectivity index (χ0n) is 21.8. The molecule has 1 radical (unpaired) electrons. The summed E-state index contributed by atoms with van der Waals surface area (Å²) in [5, 5.41) is 4.38. The van der Waals surface area contributed by atoms with Gasteiger partial charge in [0.05, 0.1) is 12.9 Å². The zero-order chi connectivity index (χ0) is 26.0. The van der Waals surface area contributed by atoms with Gasteiger partial charge in [0.25, 0.3) is 0 Å². The van der Waals surface area contributed by atoms with Crippen molar-refractivity contribution in [2.45, 2.75) is 19.8 Å². The Morgan fingerprint density at radius 2 is 1.71 bits per heavy atom. The molecule has 6 heteroatoms. The molecule has 0 atom stereocenters. The molecular weight excluding hydrogens is 649 g/mol. The van der Waals surface area contributed by atoms with Gasteiger partial charge >= 0.3 is 0 Å². The molecule has 0 N–H and O–H groups in total. The predicted molar refractivity (Wildman–Crippen MR) is 150 cm³/mol. The van der Waals surface area contributed by atoms with Crippen molar-refractivity contribution in [2.24, 2.45) is 7.05 Å². The number of benzene rings is 3. The molecule has 195 valence electrons. The molecular formula is C32H30IrN4O-2. The summed E-state index contributed by atoms with van der Waals surface area (Å²) in [6.07, 6.45) is 5.60. The second-order valence-electron chi connectivity index (χ2n) is 8.40. The Kier molecular flexibility index (Phi) is 10.7. The summed E-state index contributed by atoms with van der Waals surface area (Å²) in [7, 11) is 3.55. The van der Waals surface area contributed by atoms with Gasteiger partial charge in [0.15, 0.2) is 0 Å². The van der Waals surface area contributed by atoms with Gasteiger partial charge in [-0.25, -0.2) is 0 Å². The van der Waals surface area contributed by atoms with E-state index in [0.29, 0.717) is 0 Å². The third-order valence-corrected chi connectivity index (χ3v) is 5.75. The van der Waals surface area contributed by atoms with Gasteiger partial charge in [0, 0.05) is 45.5 Å². The maximum Gasteiger partial charge on any atom is 0.140 e. The Labute approximate surface area is 238 Å². The van der Waals surface area contributed by atoms with Crippen molar-refractivity contribution >= 4 is 6.08 Å². The third kappa shape index (κ3) is 7.34. The normalized spacial score (nSPS) is 10.1. The van der Waals surface area contributed by atoms with Crippen LogP contribution in [0.5, 0.6) is 5.75 Å². The second kappa shape index (κ2) is 14.2. The van der Waals surface area contributed by atoms with E-state index in [-0.39, 0.29) is 20.1 Å². The summed E-state index contributed by atoms with van der Waals surface area (Å²) in [6.45, 7) is 5.89. The molecule has 0 aliphatic heterocycles. The molecule has 0 bridgehead atoms. The predicted octanol–water partition coefficient (Wildman–Crippen LogP) is 7.10. The first-order valence-electron chi connectivity index (χ1n) is 12.2. The fourth-order valence-electron chi connectivity index (χ4n) is 3.83. The second-order valence-corrected chi connectivity index (χ2v) is 8.40. The zero-order valence-corrected chi connectivity index (χ0v) is 24.2. The molecule has 0 fully saturated rings. The summed E-state index contributed by atoms with van der Waals surface area (Å²) in [4.78, 5) is 8.88. The third-order valence-electron chi connectivity index (χ3n) is 5.75. The number of aryl methyl sites for hydroxylation is 2. The number of hydrogen-bond donors (Lipinski definition) is 0. The van der Waals surface area contributed by atoms with Crippen molar-refractivity contribution in [3.8, 4) is 39.5 Å². The summed E-state index contributed by atoms with van der Waals surface area (Å²) < 4.78 is 6.98. The first kappa shape index (κ1) is 28.7. The number of nitrogens with zero attached hydrogens (tertiary/aromatic N) is 4. The maximum absolute atomic E-state index is 5.19. The van der Waals surface area contributed by atoms with Crippen LogP contribution in [0.3, 0.4) is 0 Å². The van der Waals surface area contributed by atoms with Crippen LogP contribution in [0.4, 0.5) is 0 Å². The molecule has 0 saturated carbocycles.